The molecule has 1 heterocycles. The third kappa shape index (κ3) is 4.94. The van der Waals surface area contributed by atoms with E-state index in [-0.39, 0.29) is 5.54 Å². The number of nitrogens with zero attached hydrogens (tertiary/aromatic N) is 1. The minimum absolute atomic E-state index is 0.182. The molecule has 0 aliphatic carbocycles. The molecule has 0 aromatic heterocycles. The highest BCUT2D eigenvalue weighted by Gasteiger charge is 2.33. The second-order valence-corrected chi connectivity index (χ2v) is 6.40. The Morgan fingerprint density at radius 1 is 1.41 bits per heavy atom. The zero-order chi connectivity index (χ0) is 12.9. The lowest BCUT2D eigenvalue weighted by molar-refractivity contribution is 0.0468. The highest BCUT2D eigenvalue weighted by molar-refractivity contribution is 4.88. The molecule has 0 spiro atoms. The number of hydrogen-bond donors (Lipinski definition) is 1. The van der Waals surface area contributed by atoms with E-state index in [9.17, 15) is 0 Å². The number of nitrogens with one attached hydrogen (secondary N) is 1. The second-order valence-electron chi connectivity index (χ2n) is 6.40. The SMILES string of the molecule is COCC(C)(C)N1CCC(CNCC(C)C)C1. The molecule has 3 heteroatoms. The predicted octanol–water partition coefficient (Wildman–Crippen LogP) is 1.98. The van der Waals surface area contributed by atoms with E-state index in [0.29, 0.717) is 0 Å². The van der Waals surface area contributed by atoms with Crippen LogP contribution in [0.25, 0.3) is 0 Å². The van der Waals surface area contributed by atoms with Gasteiger partial charge in [-0.05, 0) is 51.7 Å². The van der Waals surface area contributed by atoms with Crippen LogP contribution < -0.4 is 5.32 Å². The standard InChI is InChI=1S/C14H30N2O/c1-12(2)8-15-9-13-6-7-16(10-13)14(3,4)11-17-5/h12-13,15H,6-11H2,1-5H3. The van der Waals surface area contributed by atoms with Crippen LogP contribution in [0.2, 0.25) is 0 Å². The molecule has 0 saturated carbocycles. The first-order valence-electron chi connectivity index (χ1n) is 6.90. The second kappa shape index (κ2) is 6.72. The molecule has 102 valence electrons. The third-order valence-electron chi connectivity index (χ3n) is 3.63. The van der Waals surface area contributed by atoms with Gasteiger partial charge < -0.3 is 10.1 Å². The van der Waals surface area contributed by atoms with Crippen molar-refractivity contribution in [2.45, 2.75) is 39.7 Å². The number of ether oxygens (including phenoxy) is 1. The van der Waals surface area contributed by atoms with Crippen molar-refractivity contribution in [1.82, 2.24) is 10.2 Å². The van der Waals surface area contributed by atoms with Crippen molar-refractivity contribution in [3.63, 3.8) is 0 Å². The summed E-state index contributed by atoms with van der Waals surface area (Å²) < 4.78 is 5.31. The Morgan fingerprint density at radius 3 is 2.71 bits per heavy atom. The fraction of sp³-hybridized carbons (Fsp3) is 1.00. The van der Waals surface area contributed by atoms with E-state index < -0.39 is 0 Å². The fourth-order valence-electron chi connectivity index (χ4n) is 2.57. The molecule has 17 heavy (non-hydrogen) atoms. The molecule has 0 bridgehead atoms. The van der Waals surface area contributed by atoms with Crippen LogP contribution in [0.4, 0.5) is 0 Å². The van der Waals surface area contributed by atoms with Crippen molar-refractivity contribution < 1.29 is 4.74 Å². The summed E-state index contributed by atoms with van der Waals surface area (Å²) in [7, 11) is 1.79. The average Bonchev–Trinajstić information content (AvgIpc) is 2.66. The maximum atomic E-state index is 5.31. The molecule has 1 fully saturated rings. The maximum absolute atomic E-state index is 5.31. The first-order chi connectivity index (χ1) is 7.95. The average molecular weight is 242 g/mol. The summed E-state index contributed by atoms with van der Waals surface area (Å²) in [5.41, 5.74) is 0.182. The summed E-state index contributed by atoms with van der Waals surface area (Å²) in [4.78, 5) is 2.57. The monoisotopic (exact) mass is 242 g/mol. The van der Waals surface area contributed by atoms with Crippen LogP contribution in [-0.4, -0.2) is 50.3 Å². The highest BCUT2D eigenvalue weighted by Crippen LogP contribution is 2.24. The van der Waals surface area contributed by atoms with E-state index in [0.717, 1.165) is 31.5 Å². The molecule has 1 saturated heterocycles. The Kier molecular flexibility index (Phi) is 5.90. The highest BCUT2D eigenvalue weighted by atomic mass is 16.5. The van der Waals surface area contributed by atoms with E-state index in [1.54, 1.807) is 7.11 Å². The Bertz CT molecular complexity index is 216. The van der Waals surface area contributed by atoms with E-state index in [2.05, 4.69) is 37.9 Å². The van der Waals surface area contributed by atoms with Crippen molar-refractivity contribution in [2.75, 3.05) is 39.9 Å². The van der Waals surface area contributed by atoms with Gasteiger partial charge in [0.2, 0.25) is 0 Å². The van der Waals surface area contributed by atoms with Gasteiger partial charge in [-0.2, -0.15) is 0 Å². The van der Waals surface area contributed by atoms with Crippen LogP contribution in [0, 0.1) is 11.8 Å². The third-order valence-corrected chi connectivity index (χ3v) is 3.63. The van der Waals surface area contributed by atoms with Gasteiger partial charge in [0.25, 0.3) is 0 Å². The Hall–Kier alpha value is -0.120. The van der Waals surface area contributed by atoms with Gasteiger partial charge >= 0.3 is 0 Å². The normalized spacial score (nSPS) is 22.6. The Balaban J connectivity index is 2.27. The van der Waals surface area contributed by atoms with Gasteiger partial charge in [0.15, 0.2) is 0 Å². The van der Waals surface area contributed by atoms with Crippen molar-refractivity contribution in [1.29, 1.82) is 0 Å². The van der Waals surface area contributed by atoms with Crippen LogP contribution in [0.3, 0.4) is 0 Å². The number of likely N-dealkylation sites (tertiary alicyclic amines) is 1. The number of hydrogen-bond acceptors (Lipinski definition) is 3. The largest absolute Gasteiger partial charge is 0.383 e. The zero-order valence-electron chi connectivity index (χ0n) is 12.3. The molecule has 3 nitrogen and oxygen atoms in total. The van der Waals surface area contributed by atoms with Gasteiger partial charge in [0.05, 0.1) is 6.61 Å². The lowest BCUT2D eigenvalue weighted by Gasteiger charge is -2.35. The summed E-state index contributed by atoms with van der Waals surface area (Å²) in [5.74, 6) is 1.56. The van der Waals surface area contributed by atoms with Crippen LogP contribution in [-0.2, 0) is 4.74 Å². The molecule has 1 aliphatic rings. The molecule has 0 amide bonds. The summed E-state index contributed by atoms with van der Waals surface area (Å²) >= 11 is 0. The molecule has 0 radical (unpaired) electrons. The van der Waals surface area contributed by atoms with Crippen molar-refractivity contribution >= 4 is 0 Å². The lowest BCUT2D eigenvalue weighted by atomic mass is 10.0. The summed E-state index contributed by atoms with van der Waals surface area (Å²) in [6.07, 6.45) is 1.32. The Labute approximate surface area is 107 Å². The molecular formula is C14H30N2O. The molecular weight excluding hydrogens is 212 g/mol. The topological polar surface area (TPSA) is 24.5 Å². The van der Waals surface area contributed by atoms with Gasteiger partial charge in [-0.25, -0.2) is 0 Å². The van der Waals surface area contributed by atoms with Crippen molar-refractivity contribution in [3.8, 4) is 0 Å². The van der Waals surface area contributed by atoms with Gasteiger partial charge in [-0.15, -0.1) is 0 Å². The van der Waals surface area contributed by atoms with Crippen LogP contribution >= 0.6 is 0 Å². The van der Waals surface area contributed by atoms with Gasteiger partial charge in [-0.1, -0.05) is 13.8 Å². The van der Waals surface area contributed by atoms with Gasteiger partial charge in [0.1, 0.15) is 0 Å². The predicted molar refractivity (Wildman–Crippen MR) is 73.3 cm³/mol. The van der Waals surface area contributed by atoms with Crippen LogP contribution in [0.5, 0.6) is 0 Å². The van der Waals surface area contributed by atoms with Gasteiger partial charge in [0, 0.05) is 19.2 Å². The van der Waals surface area contributed by atoms with E-state index in [4.69, 9.17) is 4.74 Å². The minimum atomic E-state index is 0.182. The van der Waals surface area contributed by atoms with E-state index in [1.807, 2.05) is 0 Å². The van der Waals surface area contributed by atoms with Crippen LogP contribution in [0.1, 0.15) is 34.1 Å². The smallest absolute Gasteiger partial charge is 0.0641 e. The van der Waals surface area contributed by atoms with E-state index >= 15 is 0 Å². The first kappa shape index (κ1) is 14.9. The summed E-state index contributed by atoms with van der Waals surface area (Å²) in [6, 6.07) is 0. The number of methoxy groups -OCH3 is 1. The maximum Gasteiger partial charge on any atom is 0.0641 e. The molecule has 1 unspecified atom stereocenters. The molecule has 0 aromatic rings. The van der Waals surface area contributed by atoms with E-state index in [1.165, 1.54) is 19.5 Å². The number of rotatable bonds is 7. The van der Waals surface area contributed by atoms with Gasteiger partial charge in [-0.3, -0.25) is 4.90 Å². The summed E-state index contributed by atoms with van der Waals surface area (Å²) in [6.45, 7) is 14.6. The molecule has 1 aliphatic heterocycles. The molecule has 1 N–H and O–H groups in total. The van der Waals surface area contributed by atoms with Crippen molar-refractivity contribution in [3.05, 3.63) is 0 Å². The molecule has 1 rings (SSSR count). The molecule has 0 aromatic carbocycles. The fourth-order valence-corrected chi connectivity index (χ4v) is 2.57. The minimum Gasteiger partial charge on any atom is -0.383 e. The van der Waals surface area contributed by atoms with Crippen LogP contribution in [0.15, 0.2) is 0 Å². The molecule has 1 atom stereocenters. The first-order valence-corrected chi connectivity index (χ1v) is 6.90. The lowest BCUT2D eigenvalue weighted by Crippen LogP contribution is -2.46. The summed E-state index contributed by atoms with van der Waals surface area (Å²) in [5, 5.41) is 3.57. The Morgan fingerprint density at radius 2 is 2.12 bits per heavy atom. The zero-order valence-corrected chi connectivity index (χ0v) is 12.3. The van der Waals surface area contributed by atoms with Crippen molar-refractivity contribution in [2.24, 2.45) is 11.8 Å². The quantitative estimate of drug-likeness (QED) is 0.739.